The van der Waals surface area contributed by atoms with Crippen LogP contribution < -0.4 is 5.32 Å². The molecule has 5 heteroatoms. The van der Waals surface area contributed by atoms with Gasteiger partial charge in [-0.25, -0.2) is 0 Å². The molecule has 0 radical (unpaired) electrons. The third-order valence-corrected chi connectivity index (χ3v) is 5.97. The van der Waals surface area contributed by atoms with Gasteiger partial charge in [-0.3, -0.25) is 9.59 Å². The summed E-state index contributed by atoms with van der Waals surface area (Å²) in [5.74, 6) is -0.0415. The number of hydrogen-bond acceptors (Lipinski definition) is 2. The number of rotatable bonds is 3. The average Bonchev–Trinajstić information content (AvgIpc) is 2.74. The van der Waals surface area contributed by atoms with E-state index in [2.05, 4.69) is 18.3 Å². The first-order valence-corrected chi connectivity index (χ1v) is 10.7. The zero-order valence-corrected chi connectivity index (χ0v) is 18.0. The Bertz CT molecular complexity index is 1130. The number of amides is 2. The lowest BCUT2D eigenvalue weighted by atomic mass is 9.94. The fraction of sp³-hybridized carbons (Fsp3) is 0.280. The number of hydrogen-bond donors (Lipinski definition) is 1. The molecule has 1 aliphatic heterocycles. The first-order chi connectivity index (χ1) is 14.4. The Morgan fingerprint density at radius 1 is 1.07 bits per heavy atom. The first kappa shape index (κ1) is 20.4. The highest BCUT2D eigenvalue weighted by atomic mass is 35.5. The van der Waals surface area contributed by atoms with Gasteiger partial charge in [0, 0.05) is 36.6 Å². The Labute approximate surface area is 181 Å². The number of halogens is 1. The predicted molar refractivity (Wildman–Crippen MR) is 122 cm³/mol. The van der Waals surface area contributed by atoms with Gasteiger partial charge in [0.25, 0.3) is 5.91 Å². The Morgan fingerprint density at radius 2 is 1.90 bits per heavy atom. The third-order valence-electron chi connectivity index (χ3n) is 5.73. The van der Waals surface area contributed by atoms with E-state index in [-0.39, 0.29) is 17.9 Å². The van der Waals surface area contributed by atoms with E-state index < -0.39 is 0 Å². The topological polar surface area (TPSA) is 49.4 Å². The van der Waals surface area contributed by atoms with Gasteiger partial charge in [0.15, 0.2) is 0 Å². The number of nitrogens with zero attached hydrogens (tertiary/aromatic N) is 1. The van der Waals surface area contributed by atoms with Crippen LogP contribution in [0.3, 0.4) is 0 Å². The highest BCUT2D eigenvalue weighted by molar-refractivity contribution is 6.31. The van der Waals surface area contributed by atoms with Gasteiger partial charge < -0.3 is 10.2 Å². The molecule has 0 spiro atoms. The summed E-state index contributed by atoms with van der Waals surface area (Å²) in [7, 11) is 0. The molecule has 2 amide bonds. The largest absolute Gasteiger partial charge is 0.352 e. The lowest BCUT2D eigenvalue weighted by molar-refractivity contribution is -0.120. The van der Waals surface area contributed by atoms with Crippen LogP contribution in [0.4, 0.5) is 0 Å². The van der Waals surface area contributed by atoms with E-state index in [0.717, 1.165) is 40.3 Å². The van der Waals surface area contributed by atoms with Crippen LogP contribution in [0.2, 0.25) is 5.02 Å². The van der Waals surface area contributed by atoms with Crippen molar-refractivity contribution in [3.63, 3.8) is 0 Å². The number of benzene rings is 3. The fourth-order valence-corrected chi connectivity index (χ4v) is 4.46. The van der Waals surface area contributed by atoms with Gasteiger partial charge in [-0.2, -0.15) is 0 Å². The molecule has 1 unspecified atom stereocenters. The van der Waals surface area contributed by atoms with Crippen molar-refractivity contribution in [1.82, 2.24) is 10.2 Å². The molecule has 30 heavy (non-hydrogen) atoms. The van der Waals surface area contributed by atoms with Crippen molar-refractivity contribution < 1.29 is 9.59 Å². The predicted octanol–water partition coefficient (Wildman–Crippen LogP) is 5.21. The van der Waals surface area contributed by atoms with Crippen molar-refractivity contribution in [3.8, 4) is 11.1 Å². The SMILES string of the molecule is CC(=O)NC1CCCN(C(=O)c2ccc3c(-c4cc(Cl)ccc4C)cccc3c2)C1. The summed E-state index contributed by atoms with van der Waals surface area (Å²) in [5, 5.41) is 5.76. The molecule has 0 aliphatic carbocycles. The Morgan fingerprint density at radius 3 is 2.70 bits per heavy atom. The second-order valence-electron chi connectivity index (χ2n) is 7.99. The average molecular weight is 421 g/mol. The minimum atomic E-state index is -0.0520. The molecule has 0 saturated carbocycles. The van der Waals surface area contributed by atoms with Crippen LogP contribution in [0.25, 0.3) is 21.9 Å². The van der Waals surface area contributed by atoms with E-state index in [1.165, 1.54) is 6.92 Å². The summed E-state index contributed by atoms with van der Waals surface area (Å²) >= 11 is 6.24. The molecule has 4 rings (SSSR count). The summed E-state index contributed by atoms with van der Waals surface area (Å²) in [6.07, 6.45) is 1.80. The highest BCUT2D eigenvalue weighted by Crippen LogP contribution is 2.33. The molecule has 1 atom stereocenters. The number of carbonyl (C=O) groups excluding carboxylic acids is 2. The van der Waals surface area contributed by atoms with Crippen molar-refractivity contribution in [2.45, 2.75) is 32.7 Å². The minimum absolute atomic E-state index is 0.0105. The zero-order chi connectivity index (χ0) is 21.3. The molecule has 1 heterocycles. The molecule has 154 valence electrons. The van der Waals surface area contributed by atoms with Crippen molar-refractivity contribution >= 4 is 34.2 Å². The van der Waals surface area contributed by atoms with Crippen LogP contribution in [0.15, 0.2) is 54.6 Å². The standard InChI is InChI=1S/C25H25ClN2O2/c1-16-8-10-20(26)14-24(16)23-7-3-5-18-13-19(9-11-22(18)23)25(30)28-12-4-6-21(15-28)27-17(2)29/h3,5,7-11,13-14,21H,4,6,12,15H2,1-2H3,(H,27,29). The van der Waals surface area contributed by atoms with Crippen molar-refractivity contribution in [2.75, 3.05) is 13.1 Å². The summed E-state index contributed by atoms with van der Waals surface area (Å²) in [6, 6.07) is 18.0. The summed E-state index contributed by atoms with van der Waals surface area (Å²) in [5.41, 5.74) is 4.03. The molecule has 0 bridgehead atoms. The van der Waals surface area contributed by atoms with Crippen LogP contribution in [0.5, 0.6) is 0 Å². The van der Waals surface area contributed by atoms with E-state index in [1.54, 1.807) is 0 Å². The summed E-state index contributed by atoms with van der Waals surface area (Å²) in [6.45, 7) is 4.86. The van der Waals surface area contributed by atoms with Gasteiger partial charge in [0.05, 0.1) is 0 Å². The Balaban J connectivity index is 1.65. The molecular formula is C25H25ClN2O2. The second-order valence-corrected chi connectivity index (χ2v) is 8.43. The van der Waals surface area contributed by atoms with Gasteiger partial charge in [-0.15, -0.1) is 0 Å². The molecule has 3 aromatic rings. The molecule has 4 nitrogen and oxygen atoms in total. The number of nitrogens with one attached hydrogen (secondary N) is 1. The molecule has 0 aromatic heterocycles. The summed E-state index contributed by atoms with van der Waals surface area (Å²) in [4.78, 5) is 26.3. The maximum Gasteiger partial charge on any atom is 0.253 e. The fourth-order valence-electron chi connectivity index (χ4n) is 4.29. The van der Waals surface area contributed by atoms with E-state index in [1.807, 2.05) is 53.4 Å². The lowest BCUT2D eigenvalue weighted by Crippen LogP contribution is -2.49. The number of fused-ring (bicyclic) bond motifs is 1. The Kier molecular flexibility index (Phi) is 5.78. The molecule has 1 saturated heterocycles. The quantitative estimate of drug-likeness (QED) is 0.632. The van der Waals surface area contributed by atoms with Gasteiger partial charge in [-0.05, 0) is 71.5 Å². The van der Waals surface area contributed by atoms with Gasteiger partial charge >= 0.3 is 0 Å². The van der Waals surface area contributed by atoms with Crippen molar-refractivity contribution in [2.24, 2.45) is 0 Å². The monoisotopic (exact) mass is 420 g/mol. The maximum absolute atomic E-state index is 13.1. The van der Waals surface area contributed by atoms with Gasteiger partial charge in [-0.1, -0.05) is 41.9 Å². The zero-order valence-electron chi connectivity index (χ0n) is 17.2. The van der Waals surface area contributed by atoms with E-state index >= 15 is 0 Å². The number of likely N-dealkylation sites (tertiary alicyclic amines) is 1. The van der Waals surface area contributed by atoms with Crippen molar-refractivity contribution in [1.29, 1.82) is 0 Å². The van der Waals surface area contributed by atoms with Crippen molar-refractivity contribution in [3.05, 3.63) is 70.7 Å². The maximum atomic E-state index is 13.1. The van der Waals surface area contributed by atoms with Crippen LogP contribution in [-0.4, -0.2) is 35.8 Å². The third kappa shape index (κ3) is 4.19. The van der Waals surface area contributed by atoms with Crippen LogP contribution in [0, 0.1) is 6.92 Å². The van der Waals surface area contributed by atoms with E-state index in [9.17, 15) is 9.59 Å². The normalized spacial score (nSPS) is 16.5. The summed E-state index contributed by atoms with van der Waals surface area (Å²) < 4.78 is 0. The smallest absolute Gasteiger partial charge is 0.253 e. The second kappa shape index (κ2) is 8.49. The number of piperidine rings is 1. The van der Waals surface area contributed by atoms with Gasteiger partial charge in [0.1, 0.15) is 0 Å². The lowest BCUT2D eigenvalue weighted by Gasteiger charge is -2.33. The van der Waals surface area contributed by atoms with Crippen LogP contribution in [-0.2, 0) is 4.79 Å². The first-order valence-electron chi connectivity index (χ1n) is 10.3. The van der Waals surface area contributed by atoms with E-state index in [4.69, 9.17) is 11.6 Å². The van der Waals surface area contributed by atoms with E-state index in [0.29, 0.717) is 23.7 Å². The van der Waals surface area contributed by atoms with Gasteiger partial charge in [0.2, 0.25) is 5.91 Å². The Hall–Kier alpha value is -2.85. The molecule has 1 aliphatic rings. The van der Waals surface area contributed by atoms with Crippen LogP contribution >= 0.6 is 11.6 Å². The molecular weight excluding hydrogens is 396 g/mol. The number of carbonyl (C=O) groups is 2. The molecule has 1 N–H and O–H groups in total. The molecule has 1 fully saturated rings. The number of aryl methyl sites for hydroxylation is 1. The highest BCUT2D eigenvalue weighted by Gasteiger charge is 2.25. The molecule has 3 aromatic carbocycles. The van der Waals surface area contributed by atoms with Crippen LogP contribution in [0.1, 0.15) is 35.7 Å². The minimum Gasteiger partial charge on any atom is -0.352 e.